The summed E-state index contributed by atoms with van der Waals surface area (Å²) in [4.78, 5) is 10.0. The maximum atomic E-state index is 7.05. The van der Waals surface area contributed by atoms with Crippen molar-refractivity contribution < 1.29 is 0 Å². The summed E-state index contributed by atoms with van der Waals surface area (Å²) in [6.45, 7) is 4.00. The highest BCUT2D eigenvalue weighted by atomic mass is 35.5. The van der Waals surface area contributed by atoms with Crippen molar-refractivity contribution in [1.82, 2.24) is 9.97 Å². The Labute approximate surface area is 340 Å². The summed E-state index contributed by atoms with van der Waals surface area (Å²) in [6.07, 6.45) is 4.03. The fourth-order valence-corrected chi connectivity index (χ4v) is 7.66. The molecule has 0 atom stereocenters. The molecule has 9 aromatic rings. The second-order valence-corrected chi connectivity index (χ2v) is 14.0. The number of pyridine rings is 2. The van der Waals surface area contributed by atoms with Gasteiger partial charge in [0.05, 0.1) is 11.4 Å². The van der Waals surface area contributed by atoms with Crippen molar-refractivity contribution in [3.63, 3.8) is 0 Å². The van der Waals surface area contributed by atoms with Crippen molar-refractivity contribution in [3.8, 4) is 89.3 Å². The van der Waals surface area contributed by atoms with Crippen LogP contribution in [0.1, 0.15) is 13.8 Å². The van der Waals surface area contributed by atoms with Crippen molar-refractivity contribution in [2.75, 3.05) is 0 Å². The van der Waals surface area contributed by atoms with E-state index in [0.717, 1.165) is 89.3 Å². The number of hydrogen-bond donors (Lipinski definition) is 0. The van der Waals surface area contributed by atoms with Gasteiger partial charge in [-0.1, -0.05) is 195 Å². The summed E-state index contributed by atoms with van der Waals surface area (Å²) < 4.78 is 0. The summed E-state index contributed by atoms with van der Waals surface area (Å²) >= 11 is 7.05. The molecule has 57 heavy (non-hydrogen) atoms. The maximum absolute atomic E-state index is 7.05. The van der Waals surface area contributed by atoms with E-state index >= 15 is 0 Å². The van der Waals surface area contributed by atoms with Gasteiger partial charge in [-0.05, 0) is 86.0 Å². The number of nitrogens with zero attached hydrogens (tertiary/aromatic N) is 2. The Morgan fingerprint density at radius 1 is 0.281 bits per heavy atom. The number of aromatic nitrogens is 2. The Balaban J connectivity index is 0.00000224. The Bertz CT molecular complexity index is 2560. The Hall–Kier alpha value is -6.87. The minimum absolute atomic E-state index is 0.666. The van der Waals surface area contributed by atoms with Crippen molar-refractivity contribution in [2.45, 2.75) is 13.8 Å². The van der Waals surface area contributed by atoms with Crippen LogP contribution in [0.15, 0.2) is 213 Å². The van der Waals surface area contributed by atoms with E-state index in [-0.39, 0.29) is 0 Å². The highest BCUT2D eigenvalue weighted by Crippen LogP contribution is 2.43. The van der Waals surface area contributed by atoms with Gasteiger partial charge in [0.1, 0.15) is 0 Å². The van der Waals surface area contributed by atoms with E-state index in [9.17, 15) is 0 Å². The number of benzene rings is 7. The average Bonchev–Trinajstić information content (AvgIpc) is 3.30. The molecule has 7 aromatic carbocycles. The lowest BCUT2D eigenvalue weighted by molar-refractivity contribution is 1.32. The Kier molecular flexibility index (Phi) is 11.2. The van der Waals surface area contributed by atoms with E-state index in [1.807, 2.05) is 38.4 Å². The third-order valence-electron chi connectivity index (χ3n) is 10.1. The molecule has 0 spiro atoms. The molecule has 0 amide bonds. The van der Waals surface area contributed by atoms with Crippen LogP contribution in [0.5, 0.6) is 0 Å². The molecule has 9 rings (SSSR count). The molecule has 0 unspecified atom stereocenters. The maximum Gasteiger partial charge on any atom is 0.0708 e. The van der Waals surface area contributed by atoms with E-state index < -0.39 is 0 Å². The lowest BCUT2D eigenvalue weighted by Gasteiger charge is -2.18. The Morgan fingerprint density at radius 2 is 0.596 bits per heavy atom. The fourth-order valence-electron chi connectivity index (χ4n) is 7.43. The third-order valence-corrected chi connectivity index (χ3v) is 10.3. The van der Waals surface area contributed by atoms with Gasteiger partial charge in [0, 0.05) is 39.7 Å². The molecule has 2 aromatic heterocycles. The second kappa shape index (κ2) is 17.3. The number of rotatable bonds is 8. The highest BCUT2D eigenvalue weighted by Gasteiger charge is 2.18. The first kappa shape index (κ1) is 37.1. The van der Waals surface area contributed by atoms with Crippen molar-refractivity contribution >= 4 is 11.6 Å². The molecule has 0 fully saturated rings. The van der Waals surface area contributed by atoms with Crippen LogP contribution in [0.4, 0.5) is 0 Å². The molecule has 3 heteroatoms. The summed E-state index contributed by atoms with van der Waals surface area (Å²) in [5.74, 6) is 0. The predicted octanol–water partition coefficient (Wildman–Crippen LogP) is 15.5. The molecule has 0 saturated carbocycles. The summed E-state index contributed by atoms with van der Waals surface area (Å²) in [5.41, 5.74) is 17.0. The highest BCUT2D eigenvalue weighted by molar-refractivity contribution is 6.31. The van der Waals surface area contributed by atoms with Gasteiger partial charge >= 0.3 is 0 Å². The first-order valence-corrected chi connectivity index (χ1v) is 19.8. The fraction of sp³-hybridized carbons (Fsp3) is 0.0370. The minimum Gasteiger partial charge on any atom is -0.256 e. The van der Waals surface area contributed by atoms with E-state index in [2.05, 4.69) is 188 Å². The molecule has 2 heterocycles. The quantitative estimate of drug-likeness (QED) is 0.154. The van der Waals surface area contributed by atoms with Crippen LogP contribution in [0.3, 0.4) is 0 Å². The zero-order valence-electron chi connectivity index (χ0n) is 32.0. The van der Waals surface area contributed by atoms with Crippen molar-refractivity contribution in [2.24, 2.45) is 0 Å². The van der Waals surface area contributed by atoms with Gasteiger partial charge in [-0.15, -0.1) is 0 Å². The van der Waals surface area contributed by atoms with Crippen LogP contribution in [0.2, 0.25) is 5.02 Å². The van der Waals surface area contributed by atoms with E-state index in [0.29, 0.717) is 5.02 Å². The van der Waals surface area contributed by atoms with Crippen molar-refractivity contribution in [1.29, 1.82) is 0 Å². The van der Waals surface area contributed by atoms with E-state index in [4.69, 9.17) is 21.6 Å². The summed E-state index contributed by atoms with van der Waals surface area (Å²) in [7, 11) is 0. The Morgan fingerprint density at radius 3 is 0.965 bits per heavy atom. The predicted molar refractivity (Wildman–Crippen MR) is 242 cm³/mol. The summed E-state index contributed by atoms with van der Waals surface area (Å²) in [6, 6.07) is 69.7. The van der Waals surface area contributed by atoms with Crippen LogP contribution in [0.25, 0.3) is 89.3 Å². The number of hydrogen-bond acceptors (Lipinski definition) is 2. The monoisotopic (exact) mass is 752 g/mol. The first-order valence-electron chi connectivity index (χ1n) is 19.4. The lowest BCUT2D eigenvalue weighted by Crippen LogP contribution is -1.94. The van der Waals surface area contributed by atoms with E-state index in [1.54, 1.807) is 0 Å². The molecule has 274 valence electrons. The van der Waals surface area contributed by atoms with Crippen LogP contribution < -0.4 is 0 Å². The van der Waals surface area contributed by atoms with Crippen LogP contribution >= 0.6 is 11.6 Å². The largest absolute Gasteiger partial charge is 0.256 e. The molecule has 0 bridgehead atoms. The third kappa shape index (κ3) is 7.95. The molecule has 0 N–H and O–H groups in total. The molecular formula is C54H41ClN2. The van der Waals surface area contributed by atoms with Gasteiger partial charge in [0.15, 0.2) is 0 Å². The topological polar surface area (TPSA) is 25.8 Å². The molecule has 0 aliphatic heterocycles. The molecule has 0 saturated heterocycles. The summed E-state index contributed by atoms with van der Waals surface area (Å²) in [5, 5.41) is 0.666. The van der Waals surface area contributed by atoms with Gasteiger partial charge in [0.25, 0.3) is 0 Å². The number of halogens is 1. The first-order chi connectivity index (χ1) is 28.2. The minimum atomic E-state index is 0.666. The second-order valence-electron chi connectivity index (χ2n) is 13.5. The standard InChI is InChI=1S/C52H35ClN2.C2H6/c53-42-30-40(43-25-13-15-27-45(43)49-34-54-51(38-21-9-3-10-22-38)32-47(49)36-17-5-1-6-18-36)29-41(31-42)44-26-14-16-28-46(44)50-35-55-52(39-23-11-4-12-24-39)33-48(50)37-19-7-2-8-20-37;1-2/h1-35H;1-2H3. The van der Waals surface area contributed by atoms with Gasteiger partial charge < -0.3 is 0 Å². The zero-order valence-corrected chi connectivity index (χ0v) is 32.7. The molecule has 2 nitrogen and oxygen atoms in total. The van der Waals surface area contributed by atoms with Gasteiger partial charge in [0.2, 0.25) is 0 Å². The molecule has 0 aliphatic carbocycles. The van der Waals surface area contributed by atoms with Gasteiger partial charge in [-0.25, -0.2) is 0 Å². The van der Waals surface area contributed by atoms with Crippen LogP contribution in [-0.4, -0.2) is 9.97 Å². The van der Waals surface area contributed by atoms with Crippen molar-refractivity contribution in [3.05, 3.63) is 218 Å². The van der Waals surface area contributed by atoms with Crippen LogP contribution in [0, 0.1) is 0 Å². The van der Waals surface area contributed by atoms with E-state index in [1.165, 1.54) is 0 Å². The average molecular weight is 753 g/mol. The molecule has 0 aliphatic rings. The lowest BCUT2D eigenvalue weighted by atomic mass is 9.87. The van der Waals surface area contributed by atoms with Crippen LogP contribution in [-0.2, 0) is 0 Å². The molecular weight excluding hydrogens is 712 g/mol. The SMILES string of the molecule is CC.Clc1cc(-c2ccccc2-c2cnc(-c3ccccc3)cc2-c2ccccc2)cc(-c2ccccc2-c2cnc(-c3ccccc3)cc2-c2ccccc2)c1. The van der Waals surface area contributed by atoms with Gasteiger partial charge in [-0.2, -0.15) is 0 Å². The van der Waals surface area contributed by atoms with Gasteiger partial charge in [-0.3, -0.25) is 9.97 Å². The normalized spacial score (nSPS) is 10.7. The molecule has 0 radical (unpaired) electrons. The smallest absolute Gasteiger partial charge is 0.0708 e. The zero-order chi connectivity index (χ0) is 39.0.